The number of likely N-dealkylation sites (tertiary alicyclic amines) is 1. The molecular weight excluding hydrogens is 266 g/mol. The predicted molar refractivity (Wildman–Crippen MR) is 72.5 cm³/mol. The Morgan fingerprint density at radius 1 is 1.42 bits per heavy atom. The number of aliphatic carboxylic acids is 1. The summed E-state index contributed by atoms with van der Waals surface area (Å²) in [6.45, 7) is 3.01. The van der Waals surface area contributed by atoms with Crippen LogP contribution in [0.1, 0.15) is 28.8 Å². The summed E-state index contributed by atoms with van der Waals surface area (Å²) in [4.78, 5) is 24.7. The van der Waals surface area contributed by atoms with Crippen LogP contribution < -0.4 is 0 Å². The first-order valence-electron chi connectivity index (χ1n) is 6.24. The largest absolute Gasteiger partial charge is 0.481 e. The molecule has 0 radical (unpaired) electrons. The molecule has 1 aromatic rings. The zero-order valence-corrected chi connectivity index (χ0v) is 11.5. The third-order valence-electron chi connectivity index (χ3n) is 3.33. The molecule has 1 aromatic carbocycles. The van der Waals surface area contributed by atoms with Gasteiger partial charge in [0.1, 0.15) is 0 Å². The highest BCUT2D eigenvalue weighted by atomic mass is 35.5. The van der Waals surface area contributed by atoms with E-state index in [1.165, 1.54) is 0 Å². The third-order valence-corrected chi connectivity index (χ3v) is 3.54. The molecule has 102 valence electrons. The number of benzene rings is 1. The Morgan fingerprint density at radius 2 is 2.16 bits per heavy atom. The standard InChI is InChI=1S/C14H16ClNO3/c1-9-4-11(7-12(15)5-9)14(19)16-3-2-10(8-16)6-13(17)18/h4-5,7,10H,2-3,6,8H2,1H3,(H,17,18). The normalized spacial score (nSPS) is 18.6. The molecule has 1 unspecified atom stereocenters. The van der Waals surface area contributed by atoms with E-state index in [2.05, 4.69) is 0 Å². The van der Waals surface area contributed by atoms with Crippen LogP contribution in [0.5, 0.6) is 0 Å². The minimum atomic E-state index is -0.808. The summed E-state index contributed by atoms with van der Waals surface area (Å²) < 4.78 is 0. The van der Waals surface area contributed by atoms with E-state index in [0.717, 1.165) is 12.0 Å². The number of nitrogens with zero attached hydrogens (tertiary/aromatic N) is 1. The number of hydrogen-bond acceptors (Lipinski definition) is 2. The van der Waals surface area contributed by atoms with Crippen molar-refractivity contribution in [1.29, 1.82) is 0 Å². The van der Waals surface area contributed by atoms with E-state index in [0.29, 0.717) is 23.7 Å². The van der Waals surface area contributed by atoms with Gasteiger partial charge < -0.3 is 10.0 Å². The molecule has 5 heteroatoms. The predicted octanol–water partition coefficient (Wildman–Crippen LogP) is 2.59. The molecule has 1 atom stereocenters. The van der Waals surface area contributed by atoms with Gasteiger partial charge in [0.05, 0.1) is 0 Å². The van der Waals surface area contributed by atoms with E-state index in [4.69, 9.17) is 16.7 Å². The summed E-state index contributed by atoms with van der Waals surface area (Å²) in [6.07, 6.45) is 0.871. The van der Waals surface area contributed by atoms with E-state index < -0.39 is 5.97 Å². The number of carbonyl (C=O) groups is 2. The Balaban J connectivity index is 2.06. The second kappa shape index (κ2) is 5.61. The summed E-state index contributed by atoms with van der Waals surface area (Å²) in [6, 6.07) is 5.26. The SMILES string of the molecule is Cc1cc(Cl)cc(C(=O)N2CCC(CC(=O)O)C2)c1. The van der Waals surface area contributed by atoms with E-state index in [9.17, 15) is 9.59 Å². The number of rotatable bonds is 3. The van der Waals surface area contributed by atoms with Gasteiger partial charge in [-0.15, -0.1) is 0 Å². The summed E-state index contributed by atoms with van der Waals surface area (Å²) in [5.41, 5.74) is 1.51. The van der Waals surface area contributed by atoms with Crippen molar-refractivity contribution < 1.29 is 14.7 Å². The Hall–Kier alpha value is -1.55. The lowest BCUT2D eigenvalue weighted by Gasteiger charge is -2.16. The van der Waals surface area contributed by atoms with Gasteiger partial charge in [0, 0.05) is 30.1 Å². The van der Waals surface area contributed by atoms with Crippen molar-refractivity contribution in [2.75, 3.05) is 13.1 Å². The second-order valence-electron chi connectivity index (χ2n) is 5.02. The van der Waals surface area contributed by atoms with Crippen LogP contribution >= 0.6 is 11.6 Å². The molecule has 0 aromatic heterocycles. The van der Waals surface area contributed by atoms with Crippen molar-refractivity contribution in [3.8, 4) is 0 Å². The third kappa shape index (κ3) is 3.47. The smallest absolute Gasteiger partial charge is 0.303 e. The van der Waals surface area contributed by atoms with Gasteiger partial charge >= 0.3 is 5.97 Å². The maximum absolute atomic E-state index is 12.3. The fourth-order valence-electron chi connectivity index (χ4n) is 2.47. The highest BCUT2D eigenvalue weighted by Gasteiger charge is 2.28. The van der Waals surface area contributed by atoms with Gasteiger partial charge in [-0.1, -0.05) is 11.6 Å². The molecule has 1 heterocycles. The number of carbonyl (C=O) groups excluding carboxylic acids is 1. The average molecular weight is 282 g/mol. The van der Waals surface area contributed by atoms with Crippen molar-refractivity contribution in [3.05, 3.63) is 34.3 Å². The van der Waals surface area contributed by atoms with Crippen molar-refractivity contribution >= 4 is 23.5 Å². The Bertz CT molecular complexity index is 495. The summed E-state index contributed by atoms with van der Waals surface area (Å²) in [5, 5.41) is 9.31. The number of amides is 1. The highest BCUT2D eigenvalue weighted by Crippen LogP contribution is 2.23. The minimum absolute atomic E-state index is 0.0572. The average Bonchev–Trinajstić information content (AvgIpc) is 2.74. The topological polar surface area (TPSA) is 57.6 Å². The fraction of sp³-hybridized carbons (Fsp3) is 0.429. The molecule has 1 aliphatic rings. The van der Waals surface area contributed by atoms with Crippen molar-refractivity contribution in [2.45, 2.75) is 19.8 Å². The van der Waals surface area contributed by atoms with Crippen LogP contribution in [-0.2, 0) is 4.79 Å². The first kappa shape index (κ1) is 13.9. The van der Waals surface area contributed by atoms with Gasteiger partial charge in [-0.3, -0.25) is 9.59 Å². The molecule has 4 nitrogen and oxygen atoms in total. The lowest BCUT2D eigenvalue weighted by Crippen LogP contribution is -2.29. The quantitative estimate of drug-likeness (QED) is 0.926. The molecule has 0 saturated carbocycles. The van der Waals surface area contributed by atoms with Gasteiger partial charge in [-0.25, -0.2) is 0 Å². The van der Waals surface area contributed by atoms with Gasteiger partial charge in [0.2, 0.25) is 0 Å². The number of hydrogen-bond donors (Lipinski definition) is 1. The molecule has 1 fully saturated rings. The van der Waals surface area contributed by atoms with Crippen LogP contribution in [0.25, 0.3) is 0 Å². The van der Waals surface area contributed by atoms with E-state index >= 15 is 0 Å². The summed E-state index contributed by atoms with van der Waals surface area (Å²) in [7, 11) is 0. The van der Waals surface area contributed by atoms with Crippen molar-refractivity contribution in [1.82, 2.24) is 4.90 Å². The molecule has 1 aliphatic heterocycles. The Morgan fingerprint density at radius 3 is 2.79 bits per heavy atom. The molecule has 0 bridgehead atoms. The lowest BCUT2D eigenvalue weighted by atomic mass is 10.1. The minimum Gasteiger partial charge on any atom is -0.481 e. The molecule has 1 amide bonds. The Labute approximate surface area is 117 Å². The zero-order valence-electron chi connectivity index (χ0n) is 10.7. The maximum atomic E-state index is 12.3. The molecule has 1 saturated heterocycles. The molecule has 19 heavy (non-hydrogen) atoms. The zero-order chi connectivity index (χ0) is 14.0. The van der Waals surface area contributed by atoms with Gasteiger partial charge in [0.15, 0.2) is 0 Å². The van der Waals surface area contributed by atoms with Gasteiger partial charge in [0.25, 0.3) is 5.91 Å². The van der Waals surface area contributed by atoms with Crippen LogP contribution in [0.3, 0.4) is 0 Å². The van der Waals surface area contributed by atoms with Gasteiger partial charge in [-0.05, 0) is 43.0 Å². The van der Waals surface area contributed by atoms with Gasteiger partial charge in [-0.2, -0.15) is 0 Å². The van der Waals surface area contributed by atoms with Crippen LogP contribution in [0.4, 0.5) is 0 Å². The maximum Gasteiger partial charge on any atom is 0.303 e. The number of halogens is 1. The van der Waals surface area contributed by atoms with Crippen molar-refractivity contribution in [3.63, 3.8) is 0 Å². The summed E-state index contributed by atoms with van der Waals surface area (Å²) in [5.74, 6) is -0.821. The van der Waals surface area contributed by atoms with E-state index in [-0.39, 0.29) is 18.2 Å². The molecule has 2 rings (SSSR count). The molecule has 0 aliphatic carbocycles. The number of aryl methyl sites for hydroxylation is 1. The lowest BCUT2D eigenvalue weighted by molar-refractivity contribution is -0.138. The second-order valence-corrected chi connectivity index (χ2v) is 5.46. The molecular formula is C14H16ClNO3. The van der Waals surface area contributed by atoms with Crippen LogP contribution in [0.15, 0.2) is 18.2 Å². The van der Waals surface area contributed by atoms with Crippen molar-refractivity contribution in [2.24, 2.45) is 5.92 Å². The number of carboxylic acids is 1. The molecule has 1 N–H and O–H groups in total. The molecule has 0 spiro atoms. The van der Waals surface area contributed by atoms with Crippen LogP contribution in [0.2, 0.25) is 5.02 Å². The fourth-order valence-corrected chi connectivity index (χ4v) is 2.76. The van der Waals surface area contributed by atoms with Crippen LogP contribution in [0, 0.1) is 12.8 Å². The number of carboxylic acid groups (broad SMARTS) is 1. The first-order valence-corrected chi connectivity index (χ1v) is 6.62. The van der Waals surface area contributed by atoms with Crippen LogP contribution in [-0.4, -0.2) is 35.0 Å². The summed E-state index contributed by atoms with van der Waals surface area (Å²) >= 11 is 5.95. The Kier molecular flexibility index (Phi) is 4.10. The first-order chi connectivity index (χ1) is 8.95. The monoisotopic (exact) mass is 281 g/mol. The highest BCUT2D eigenvalue weighted by molar-refractivity contribution is 6.31. The van der Waals surface area contributed by atoms with E-state index in [1.54, 1.807) is 23.1 Å². The van der Waals surface area contributed by atoms with E-state index in [1.807, 2.05) is 6.92 Å².